The molecule has 122 valence electrons. The minimum atomic E-state index is -0.350. The number of hydrogen-bond acceptors (Lipinski definition) is 2. The van der Waals surface area contributed by atoms with Gasteiger partial charge in [-0.3, -0.25) is 0 Å². The zero-order valence-corrected chi connectivity index (χ0v) is 13.9. The van der Waals surface area contributed by atoms with E-state index in [9.17, 15) is 4.39 Å². The molecule has 0 aliphatic heterocycles. The van der Waals surface area contributed by atoms with Gasteiger partial charge in [-0.15, -0.1) is 0 Å². The number of nitrogens with one attached hydrogen (secondary N) is 1. The highest BCUT2D eigenvalue weighted by Gasteiger charge is 2.06. The van der Waals surface area contributed by atoms with E-state index in [0.717, 1.165) is 28.0 Å². The molecule has 0 spiro atoms. The lowest BCUT2D eigenvalue weighted by atomic mass is 10.1. The van der Waals surface area contributed by atoms with Crippen LogP contribution in [0.25, 0.3) is 11.0 Å². The monoisotopic (exact) mass is 321 g/mol. The van der Waals surface area contributed by atoms with Crippen LogP contribution in [-0.4, -0.2) is 30.2 Å². The van der Waals surface area contributed by atoms with Crippen LogP contribution in [0.5, 0.6) is 0 Å². The van der Waals surface area contributed by atoms with Crippen LogP contribution in [0.4, 0.5) is 10.1 Å². The van der Waals surface area contributed by atoms with Gasteiger partial charge in [0.15, 0.2) is 0 Å². The van der Waals surface area contributed by atoms with E-state index in [4.69, 9.17) is 0 Å². The fourth-order valence-electron chi connectivity index (χ4n) is 2.67. The summed E-state index contributed by atoms with van der Waals surface area (Å²) in [7, 11) is 1.88. The van der Waals surface area contributed by atoms with Crippen LogP contribution in [0.15, 0.2) is 42.6 Å². The van der Waals surface area contributed by atoms with E-state index in [-0.39, 0.29) is 6.67 Å². The highest BCUT2D eigenvalue weighted by molar-refractivity contribution is 5.80. The van der Waals surface area contributed by atoms with Crippen molar-refractivity contribution >= 4 is 16.7 Å². The van der Waals surface area contributed by atoms with Gasteiger partial charge < -0.3 is 9.88 Å². The van der Waals surface area contributed by atoms with Gasteiger partial charge in [0.2, 0.25) is 0 Å². The van der Waals surface area contributed by atoms with Crippen molar-refractivity contribution in [1.82, 2.24) is 9.97 Å². The van der Waals surface area contributed by atoms with Gasteiger partial charge in [0.05, 0.1) is 0 Å². The molecule has 2 heterocycles. The molecular formula is C20H20FN3. The van der Waals surface area contributed by atoms with Gasteiger partial charge >= 0.3 is 0 Å². The Bertz CT molecular complexity index is 885. The van der Waals surface area contributed by atoms with Crippen LogP contribution in [-0.2, 0) is 6.42 Å². The van der Waals surface area contributed by atoms with Crippen LogP contribution >= 0.6 is 0 Å². The highest BCUT2D eigenvalue weighted by Crippen LogP contribution is 2.19. The first-order chi connectivity index (χ1) is 11.7. The minimum Gasteiger partial charge on any atom is -0.372 e. The van der Waals surface area contributed by atoms with Crippen molar-refractivity contribution in [2.45, 2.75) is 13.3 Å². The van der Waals surface area contributed by atoms with Gasteiger partial charge in [-0.1, -0.05) is 11.8 Å². The molecule has 0 amide bonds. The summed E-state index contributed by atoms with van der Waals surface area (Å²) < 4.78 is 12.4. The average Bonchev–Trinajstić information content (AvgIpc) is 2.92. The van der Waals surface area contributed by atoms with Crippen molar-refractivity contribution in [3.8, 4) is 11.8 Å². The van der Waals surface area contributed by atoms with Crippen LogP contribution in [0.3, 0.4) is 0 Å². The van der Waals surface area contributed by atoms with E-state index in [1.54, 1.807) is 6.20 Å². The van der Waals surface area contributed by atoms with Crippen molar-refractivity contribution in [2.24, 2.45) is 0 Å². The largest absolute Gasteiger partial charge is 0.372 e. The van der Waals surface area contributed by atoms with Crippen molar-refractivity contribution in [3.05, 3.63) is 59.4 Å². The third-order valence-electron chi connectivity index (χ3n) is 4.16. The fraction of sp³-hybridized carbons (Fsp3) is 0.250. The number of fused-ring (bicyclic) bond motifs is 1. The van der Waals surface area contributed by atoms with Gasteiger partial charge in [-0.2, -0.15) is 0 Å². The van der Waals surface area contributed by atoms with Crippen molar-refractivity contribution in [3.63, 3.8) is 0 Å². The molecule has 0 aliphatic carbocycles. The molecule has 1 N–H and O–H groups in total. The predicted molar refractivity (Wildman–Crippen MR) is 97.1 cm³/mol. The van der Waals surface area contributed by atoms with E-state index in [1.807, 2.05) is 42.3 Å². The molecule has 0 saturated heterocycles. The molecule has 0 radical (unpaired) electrons. The predicted octanol–water partition coefficient (Wildman–Crippen LogP) is 3.87. The zero-order valence-electron chi connectivity index (χ0n) is 13.9. The number of rotatable bonds is 4. The van der Waals surface area contributed by atoms with Crippen molar-refractivity contribution in [1.29, 1.82) is 0 Å². The van der Waals surface area contributed by atoms with Crippen LogP contribution < -0.4 is 4.90 Å². The van der Waals surface area contributed by atoms with Gasteiger partial charge in [0, 0.05) is 48.5 Å². The summed E-state index contributed by atoms with van der Waals surface area (Å²) in [6.45, 7) is 2.14. The first-order valence-corrected chi connectivity index (χ1v) is 7.97. The summed E-state index contributed by atoms with van der Waals surface area (Å²) in [4.78, 5) is 9.55. The van der Waals surface area contributed by atoms with Crippen molar-refractivity contribution < 1.29 is 4.39 Å². The summed E-state index contributed by atoms with van der Waals surface area (Å²) >= 11 is 0. The van der Waals surface area contributed by atoms with Gasteiger partial charge in [-0.25, -0.2) is 9.37 Å². The molecule has 0 saturated carbocycles. The molecule has 3 nitrogen and oxygen atoms in total. The molecule has 0 bridgehead atoms. The first-order valence-electron chi connectivity index (χ1n) is 7.97. The second kappa shape index (κ2) is 7.18. The highest BCUT2D eigenvalue weighted by atomic mass is 19.1. The summed E-state index contributed by atoms with van der Waals surface area (Å²) in [5.74, 6) is 6.39. The second-order valence-electron chi connectivity index (χ2n) is 5.76. The third-order valence-corrected chi connectivity index (χ3v) is 4.16. The number of aromatic nitrogens is 2. The van der Waals surface area contributed by atoms with Gasteiger partial charge in [0.1, 0.15) is 12.3 Å². The van der Waals surface area contributed by atoms with Crippen LogP contribution in [0.1, 0.15) is 16.8 Å². The molecular weight excluding hydrogens is 301 g/mol. The molecule has 0 atom stereocenters. The number of aromatic amines is 1. The summed E-state index contributed by atoms with van der Waals surface area (Å²) in [5.41, 5.74) is 5.17. The maximum Gasteiger partial charge on any atom is 0.137 e. The Labute approximate surface area is 141 Å². The standard InChI is InChI=1S/C20H20FN3/c1-15-18-6-4-13-22-20(18)23-19(15)7-3-5-16-8-10-17(11-9-16)24(2)14-12-21/h4,6,8-11,13H,7,12,14H2,1-2H3,(H,22,23). The Morgan fingerprint density at radius 1 is 1.21 bits per heavy atom. The number of anilines is 1. The first kappa shape index (κ1) is 16.1. The van der Waals surface area contributed by atoms with Crippen molar-refractivity contribution in [2.75, 3.05) is 25.2 Å². The zero-order chi connectivity index (χ0) is 16.9. The molecule has 0 unspecified atom stereocenters. The molecule has 0 fully saturated rings. The number of H-pyrrole nitrogens is 1. The fourth-order valence-corrected chi connectivity index (χ4v) is 2.67. The van der Waals surface area contributed by atoms with E-state index in [0.29, 0.717) is 13.0 Å². The number of halogens is 1. The van der Waals surface area contributed by atoms with E-state index in [1.165, 1.54) is 5.56 Å². The second-order valence-corrected chi connectivity index (χ2v) is 5.76. The number of alkyl halides is 1. The number of hydrogen-bond donors (Lipinski definition) is 1. The Balaban J connectivity index is 1.72. The Hall–Kier alpha value is -2.80. The normalized spacial score (nSPS) is 10.5. The summed E-state index contributed by atoms with van der Waals surface area (Å²) in [6.07, 6.45) is 2.45. The Morgan fingerprint density at radius 2 is 2.00 bits per heavy atom. The van der Waals surface area contributed by atoms with Gasteiger partial charge in [0.25, 0.3) is 0 Å². The molecule has 3 rings (SSSR count). The maximum absolute atomic E-state index is 12.4. The number of benzene rings is 1. The minimum absolute atomic E-state index is 0.350. The average molecular weight is 321 g/mol. The molecule has 24 heavy (non-hydrogen) atoms. The topological polar surface area (TPSA) is 31.9 Å². The lowest BCUT2D eigenvalue weighted by Gasteiger charge is -2.16. The molecule has 4 heteroatoms. The summed E-state index contributed by atoms with van der Waals surface area (Å²) in [6, 6.07) is 11.9. The maximum atomic E-state index is 12.4. The van der Waals surface area contributed by atoms with Crippen LogP contribution in [0.2, 0.25) is 0 Å². The summed E-state index contributed by atoms with van der Waals surface area (Å²) in [5, 5.41) is 1.15. The SMILES string of the molecule is Cc1c(CC#Cc2ccc(N(C)CCF)cc2)[nH]c2ncccc12. The van der Waals surface area contributed by atoms with E-state index in [2.05, 4.69) is 34.8 Å². The van der Waals surface area contributed by atoms with Gasteiger partial charge in [-0.05, 0) is 48.9 Å². The smallest absolute Gasteiger partial charge is 0.137 e. The molecule has 1 aromatic carbocycles. The number of pyridine rings is 1. The van der Waals surface area contributed by atoms with Crippen LogP contribution in [0, 0.1) is 18.8 Å². The lowest BCUT2D eigenvalue weighted by Crippen LogP contribution is -2.19. The number of aryl methyl sites for hydroxylation is 1. The van der Waals surface area contributed by atoms with E-state index >= 15 is 0 Å². The lowest BCUT2D eigenvalue weighted by molar-refractivity contribution is 0.497. The molecule has 0 aliphatic rings. The van der Waals surface area contributed by atoms with E-state index < -0.39 is 0 Å². The number of nitrogens with zero attached hydrogens (tertiary/aromatic N) is 2. The molecule has 3 aromatic rings. The molecule has 2 aromatic heterocycles. The Morgan fingerprint density at radius 3 is 2.71 bits per heavy atom. The quantitative estimate of drug-likeness (QED) is 0.740. The Kier molecular flexibility index (Phi) is 4.81. The third kappa shape index (κ3) is 3.41.